The van der Waals surface area contributed by atoms with Gasteiger partial charge in [-0.15, -0.1) is 0 Å². The third-order valence-electron chi connectivity index (χ3n) is 2.38. The fourth-order valence-electron chi connectivity index (χ4n) is 1.52. The van der Waals surface area contributed by atoms with Crippen molar-refractivity contribution in [3.63, 3.8) is 0 Å². The van der Waals surface area contributed by atoms with Crippen LogP contribution in [0.15, 0.2) is 0 Å². The Balaban J connectivity index is 0. The number of hydrogen-bond donors (Lipinski definition) is 0. The van der Waals surface area contributed by atoms with Crippen molar-refractivity contribution in [2.45, 2.75) is 44.3 Å². The smallest absolute Gasteiger partial charge is 0.739 e. The summed E-state index contributed by atoms with van der Waals surface area (Å²) in [5.41, 5.74) is 0. The van der Waals surface area contributed by atoms with E-state index in [0.717, 1.165) is 18.2 Å². The van der Waals surface area contributed by atoms with E-state index in [1.165, 1.54) is 14.0 Å². The predicted octanol–water partition coefficient (Wildman–Crippen LogP) is -1.04. The minimum Gasteiger partial charge on any atom is -0.739 e. The number of unbranched alkanes of at least 4 members (excludes halogenated alkanes) is 1. The van der Waals surface area contributed by atoms with Gasteiger partial charge in [0.15, 0.2) is 5.12 Å². The standard InChI is InChI=1S/C11H20O6S3.Na/c1-9(12)19-10(7-8-18-20(14,15)16)5-3-4-6-11(13)17-2;/h10H,3-8H2,1-2H3,(H,14,15,16);/q;+1/p-1. The van der Waals surface area contributed by atoms with Crippen molar-refractivity contribution >= 4 is 42.8 Å². The van der Waals surface area contributed by atoms with Gasteiger partial charge in [-0.2, -0.15) is 0 Å². The zero-order chi connectivity index (χ0) is 15.6. The molecular formula is C11H19NaO6S3. The van der Waals surface area contributed by atoms with Crippen molar-refractivity contribution in [1.29, 1.82) is 0 Å². The maximum Gasteiger partial charge on any atom is 1.00 e. The molecule has 0 heterocycles. The molecule has 0 aromatic carbocycles. The van der Waals surface area contributed by atoms with Crippen LogP contribution in [-0.4, -0.2) is 42.2 Å². The van der Waals surface area contributed by atoms with E-state index in [4.69, 9.17) is 0 Å². The van der Waals surface area contributed by atoms with E-state index in [0.29, 0.717) is 36.5 Å². The second-order valence-electron chi connectivity index (χ2n) is 4.07. The summed E-state index contributed by atoms with van der Waals surface area (Å²) in [5.74, 6) is -0.0953. The molecule has 0 rings (SSSR count). The second-order valence-corrected chi connectivity index (χ2v) is 8.94. The number of carbonyl (C=O) groups excluding carboxylic acids is 2. The van der Waals surface area contributed by atoms with Gasteiger partial charge in [0, 0.05) is 24.3 Å². The Hall–Kier alpha value is 0.750. The van der Waals surface area contributed by atoms with Gasteiger partial charge >= 0.3 is 35.5 Å². The molecule has 0 saturated carbocycles. The topological polar surface area (TPSA) is 101 Å². The van der Waals surface area contributed by atoms with Crippen LogP contribution in [-0.2, 0) is 23.5 Å². The minimum absolute atomic E-state index is 0. The van der Waals surface area contributed by atoms with Crippen LogP contribution in [0.25, 0.3) is 0 Å². The van der Waals surface area contributed by atoms with E-state index in [-0.39, 0.29) is 51.6 Å². The number of carbonyl (C=O) groups is 2. The van der Waals surface area contributed by atoms with Crippen LogP contribution in [0.1, 0.15) is 39.0 Å². The Labute approximate surface area is 156 Å². The molecule has 10 heteroatoms. The van der Waals surface area contributed by atoms with Crippen molar-refractivity contribution in [3.05, 3.63) is 0 Å². The van der Waals surface area contributed by atoms with Gasteiger partial charge in [-0.25, -0.2) is 8.42 Å². The fraction of sp³-hybridized carbons (Fsp3) is 0.818. The predicted molar refractivity (Wildman–Crippen MR) is 79.3 cm³/mol. The Kier molecular flexibility index (Phi) is 15.1. The van der Waals surface area contributed by atoms with Gasteiger partial charge in [-0.3, -0.25) is 9.59 Å². The Morgan fingerprint density at radius 1 is 1.24 bits per heavy atom. The van der Waals surface area contributed by atoms with E-state index >= 15 is 0 Å². The second kappa shape index (κ2) is 13.2. The molecule has 0 N–H and O–H groups in total. The third-order valence-corrected chi connectivity index (χ3v) is 5.58. The van der Waals surface area contributed by atoms with E-state index in [2.05, 4.69) is 4.74 Å². The monoisotopic (exact) mass is 366 g/mol. The maximum atomic E-state index is 11.1. The van der Waals surface area contributed by atoms with Gasteiger partial charge in [0.25, 0.3) is 0 Å². The summed E-state index contributed by atoms with van der Waals surface area (Å²) in [4.78, 5) is 22.0. The first-order valence-electron chi connectivity index (χ1n) is 6.09. The molecule has 6 nitrogen and oxygen atoms in total. The Morgan fingerprint density at radius 3 is 2.33 bits per heavy atom. The fourth-order valence-corrected chi connectivity index (χ4v) is 4.15. The first-order chi connectivity index (χ1) is 9.24. The maximum absolute atomic E-state index is 11.1. The molecule has 0 aliphatic heterocycles. The van der Waals surface area contributed by atoms with Crippen LogP contribution in [0.5, 0.6) is 0 Å². The van der Waals surface area contributed by atoms with Gasteiger partial charge < -0.3 is 9.29 Å². The summed E-state index contributed by atoms with van der Waals surface area (Å²) in [6.45, 7) is 1.45. The first-order valence-corrected chi connectivity index (χ1v) is 9.88. The molecule has 0 bridgehead atoms. The average molecular weight is 366 g/mol. The molecule has 0 aromatic rings. The van der Waals surface area contributed by atoms with E-state index in [9.17, 15) is 22.6 Å². The summed E-state index contributed by atoms with van der Waals surface area (Å²) in [7, 11) is -2.59. The molecule has 0 fully saturated rings. The molecule has 0 radical (unpaired) electrons. The molecule has 0 spiro atoms. The zero-order valence-electron chi connectivity index (χ0n) is 12.5. The molecule has 0 amide bonds. The molecule has 1 atom stereocenters. The molecular weight excluding hydrogens is 347 g/mol. The van der Waals surface area contributed by atoms with Gasteiger partial charge in [0.2, 0.25) is 0 Å². The molecule has 0 aliphatic carbocycles. The average Bonchev–Trinajstić information content (AvgIpc) is 2.31. The minimum atomic E-state index is -4.28. The zero-order valence-corrected chi connectivity index (χ0v) is 16.9. The summed E-state index contributed by atoms with van der Waals surface area (Å²) in [6.07, 6.45) is 2.90. The van der Waals surface area contributed by atoms with Crippen molar-refractivity contribution in [2.24, 2.45) is 0 Å². The van der Waals surface area contributed by atoms with E-state index in [1.807, 2.05) is 0 Å². The van der Waals surface area contributed by atoms with Gasteiger partial charge in [-0.1, -0.05) is 18.2 Å². The van der Waals surface area contributed by atoms with Crippen molar-refractivity contribution in [1.82, 2.24) is 0 Å². The quantitative estimate of drug-likeness (QED) is 0.159. The Morgan fingerprint density at radius 2 is 1.86 bits per heavy atom. The number of ether oxygens (including phenoxy) is 1. The van der Waals surface area contributed by atoms with Crippen LogP contribution in [0, 0.1) is 0 Å². The molecule has 0 aliphatic rings. The third kappa shape index (κ3) is 16.9. The van der Waals surface area contributed by atoms with Crippen molar-refractivity contribution in [3.8, 4) is 0 Å². The number of hydrogen-bond acceptors (Lipinski definition) is 8. The van der Waals surface area contributed by atoms with Crippen molar-refractivity contribution in [2.75, 3.05) is 12.9 Å². The summed E-state index contributed by atoms with van der Waals surface area (Å²) in [6, 6.07) is 0. The molecule has 0 aromatic heterocycles. The van der Waals surface area contributed by atoms with Crippen molar-refractivity contribution < 1.29 is 56.9 Å². The molecule has 1 unspecified atom stereocenters. The normalized spacial score (nSPS) is 12.3. The number of esters is 1. The van der Waals surface area contributed by atoms with Gasteiger partial charge in [0.05, 0.1) is 7.11 Å². The molecule has 118 valence electrons. The first kappa shape index (κ1) is 24.0. The SMILES string of the molecule is COC(=O)CCCCC(CCSS(=O)(=O)[O-])SC(C)=O.[Na+]. The summed E-state index contributed by atoms with van der Waals surface area (Å²) in [5, 5.41) is -0.0719. The largest absolute Gasteiger partial charge is 1.00 e. The van der Waals surface area contributed by atoms with Crippen LogP contribution in [0.3, 0.4) is 0 Å². The van der Waals surface area contributed by atoms with Crippen LogP contribution < -0.4 is 29.6 Å². The van der Waals surface area contributed by atoms with E-state index < -0.39 is 9.15 Å². The summed E-state index contributed by atoms with van der Waals surface area (Å²) >= 11 is 1.15. The van der Waals surface area contributed by atoms with Crippen LogP contribution in [0.2, 0.25) is 0 Å². The van der Waals surface area contributed by atoms with Crippen LogP contribution in [0.4, 0.5) is 0 Å². The van der Waals surface area contributed by atoms with Gasteiger partial charge in [-0.05, 0) is 30.1 Å². The Bertz CT molecular complexity index is 412. The number of rotatable bonds is 10. The molecule has 0 saturated heterocycles. The van der Waals surface area contributed by atoms with Gasteiger partial charge in [0.1, 0.15) is 9.15 Å². The van der Waals surface area contributed by atoms with Crippen LogP contribution >= 0.6 is 22.6 Å². The number of thioether (sulfide) groups is 1. The number of methoxy groups -OCH3 is 1. The summed E-state index contributed by atoms with van der Waals surface area (Å²) < 4.78 is 36.0. The molecule has 21 heavy (non-hydrogen) atoms. The van der Waals surface area contributed by atoms with E-state index in [1.54, 1.807) is 0 Å².